The van der Waals surface area contributed by atoms with Crippen LogP contribution in [0, 0.1) is 0 Å². The summed E-state index contributed by atoms with van der Waals surface area (Å²) in [4.78, 5) is 17.9. The Hall–Kier alpha value is -4.34. The van der Waals surface area contributed by atoms with Crippen LogP contribution in [-0.4, -0.2) is 22.5 Å². The van der Waals surface area contributed by atoms with E-state index < -0.39 is 17.3 Å². The largest absolute Gasteiger partial charge is 0.490 e. The second-order valence-electron chi connectivity index (χ2n) is 9.07. The highest BCUT2D eigenvalue weighted by atomic mass is 35.5. The molecule has 42 heavy (non-hydrogen) atoms. The van der Waals surface area contributed by atoms with Crippen LogP contribution in [0.5, 0.6) is 11.5 Å². The van der Waals surface area contributed by atoms with E-state index in [0.29, 0.717) is 39.2 Å². The summed E-state index contributed by atoms with van der Waals surface area (Å²) < 4.78 is 53.1. The minimum atomic E-state index is -4.57. The van der Waals surface area contributed by atoms with Crippen LogP contribution < -0.4 is 15.0 Å². The predicted molar refractivity (Wildman–Crippen MR) is 158 cm³/mol. The van der Waals surface area contributed by atoms with Crippen molar-refractivity contribution in [1.29, 1.82) is 0 Å². The van der Waals surface area contributed by atoms with Crippen LogP contribution in [0.4, 0.5) is 13.2 Å². The van der Waals surface area contributed by atoms with Gasteiger partial charge in [-0.1, -0.05) is 53.5 Å². The topological polar surface area (TPSA) is 65.7 Å². The fraction of sp³-hybridized carbons (Fsp3) is 0.129. The average Bonchev–Trinajstić information content (AvgIpc) is 2.97. The Labute approximate surface area is 248 Å². The molecule has 6 nitrogen and oxygen atoms in total. The van der Waals surface area contributed by atoms with E-state index in [1.807, 2.05) is 6.92 Å². The van der Waals surface area contributed by atoms with Crippen molar-refractivity contribution in [3.05, 3.63) is 122 Å². The minimum Gasteiger partial charge on any atom is -0.490 e. The highest BCUT2D eigenvalue weighted by Crippen LogP contribution is 2.32. The third-order valence-electron chi connectivity index (χ3n) is 6.17. The van der Waals surface area contributed by atoms with Gasteiger partial charge in [0.1, 0.15) is 6.61 Å². The van der Waals surface area contributed by atoms with E-state index in [-0.39, 0.29) is 23.4 Å². The van der Waals surface area contributed by atoms with Crippen LogP contribution in [0.3, 0.4) is 0 Å². The van der Waals surface area contributed by atoms with Gasteiger partial charge in [0.15, 0.2) is 17.3 Å². The molecule has 0 amide bonds. The Morgan fingerprint density at radius 1 is 0.905 bits per heavy atom. The Bertz CT molecular complexity index is 1860. The Balaban J connectivity index is 1.51. The number of rotatable bonds is 8. The lowest BCUT2D eigenvalue weighted by Gasteiger charge is -2.13. The summed E-state index contributed by atoms with van der Waals surface area (Å²) in [5, 5.41) is 5.47. The summed E-state index contributed by atoms with van der Waals surface area (Å²) in [6, 6.07) is 21.5. The molecular weight excluding hydrogens is 590 g/mol. The molecule has 0 spiro atoms. The molecule has 0 atom stereocenters. The van der Waals surface area contributed by atoms with Crippen molar-refractivity contribution in [3.63, 3.8) is 0 Å². The van der Waals surface area contributed by atoms with Crippen molar-refractivity contribution in [2.45, 2.75) is 19.7 Å². The molecule has 5 aromatic rings. The maximum atomic E-state index is 13.5. The van der Waals surface area contributed by atoms with Gasteiger partial charge in [-0.25, -0.2) is 4.98 Å². The molecule has 11 heteroatoms. The molecule has 214 valence electrons. The molecule has 1 aromatic heterocycles. The number of alkyl halides is 3. The van der Waals surface area contributed by atoms with Gasteiger partial charge in [-0.05, 0) is 72.6 Å². The van der Waals surface area contributed by atoms with Crippen molar-refractivity contribution in [1.82, 2.24) is 9.66 Å². The van der Waals surface area contributed by atoms with Gasteiger partial charge in [0.05, 0.1) is 39.3 Å². The smallest absolute Gasteiger partial charge is 0.416 e. The van der Waals surface area contributed by atoms with Crippen molar-refractivity contribution >= 4 is 40.3 Å². The Kier molecular flexibility index (Phi) is 8.51. The third-order valence-corrected chi connectivity index (χ3v) is 6.91. The monoisotopic (exact) mass is 611 g/mol. The summed E-state index contributed by atoms with van der Waals surface area (Å²) in [6.07, 6.45) is -3.17. The van der Waals surface area contributed by atoms with Gasteiger partial charge in [-0.15, -0.1) is 0 Å². The van der Waals surface area contributed by atoms with Crippen LogP contribution >= 0.6 is 23.2 Å². The van der Waals surface area contributed by atoms with Crippen LogP contribution in [0.2, 0.25) is 10.0 Å². The molecule has 4 aromatic carbocycles. The van der Waals surface area contributed by atoms with Gasteiger partial charge >= 0.3 is 6.18 Å². The number of halogens is 5. The second-order valence-corrected chi connectivity index (χ2v) is 9.88. The van der Waals surface area contributed by atoms with E-state index in [1.165, 1.54) is 18.3 Å². The molecule has 0 radical (unpaired) electrons. The Morgan fingerprint density at radius 3 is 2.48 bits per heavy atom. The second kappa shape index (κ2) is 12.3. The molecule has 0 unspecified atom stereocenters. The number of benzene rings is 4. The molecule has 0 aliphatic heterocycles. The third kappa shape index (κ3) is 6.42. The van der Waals surface area contributed by atoms with E-state index in [0.717, 1.165) is 22.4 Å². The lowest BCUT2D eigenvalue weighted by molar-refractivity contribution is -0.137. The zero-order valence-corrected chi connectivity index (χ0v) is 23.5. The van der Waals surface area contributed by atoms with Gasteiger partial charge in [0.25, 0.3) is 5.56 Å². The summed E-state index contributed by atoms with van der Waals surface area (Å²) in [5.41, 5.74) is 0.388. The first-order valence-electron chi connectivity index (χ1n) is 12.7. The van der Waals surface area contributed by atoms with Crippen molar-refractivity contribution in [2.24, 2.45) is 5.10 Å². The van der Waals surface area contributed by atoms with Crippen LogP contribution in [0.1, 0.15) is 23.6 Å². The van der Waals surface area contributed by atoms with Gasteiger partial charge in [0.2, 0.25) is 0 Å². The van der Waals surface area contributed by atoms with E-state index >= 15 is 0 Å². The van der Waals surface area contributed by atoms with Crippen LogP contribution in [0.15, 0.2) is 94.8 Å². The standard InChI is InChI=1S/C31H22Cl2F3N3O3/c1-2-41-28-15-19(11-13-27(28)42-18-20-10-12-24(32)25(33)14-20)17-37-39-29(21-6-5-7-22(16-21)31(34,35)36)38-26-9-4-3-8-23(26)30(39)40/h3-17H,2,18H2,1H3. The molecule has 1 heterocycles. The maximum absolute atomic E-state index is 13.5. The highest BCUT2D eigenvalue weighted by molar-refractivity contribution is 6.42. The SMILES string of the molecule is CCOc1cc(C=Nn2c(-c3cccc(C(F)(F)F)c3)nc3ccccc3c2=O)ccc1OCc1ccc(Cl)c(Cl)c1. The molecule has 0 N–H and O–H groups in total. The first-order chi connectivity index (χ1) is 20.1. The molecule has 0 saturated heterocycles. The first kappa shape index (κ1) is 29.2. The number of nitrogens with zero attached hydrogens (tertiary/aromatic N) is 3. The van der Waals surface area contributed by atoms with E-state index in [4.69, 9.17) is 32.7 Å². The molecule has 0 bridgehead atoms. The van der Waals surface area contributed by atoms with Crippen molar-refractivity contribution in [3.8, 4) is 22.9 Å². The normalized spacial score (nSPS) is 11.8. The first-order valence-corrected chi connectivity index (χ1v) is 13.5. The number of hydrogen-bond acceptors (Lipinski definition) is 5. The number of ether oxygens (including phenoxy) is 2. The number of hydrogen-bond donors (Lipinski definition) is 0. The average molecular weight is 612 g/mol. The van der Waals surface area contributed by atoms with Gasteiger partial charge in [0, 0.05) is 5.56 Å². The van der Waals surface area contributed by atoms with Crippen molar-refractivity contribution in [2.75, 3.05) is 6.61 Å². The summed E-state index contributed by atoms with van der Waals surface area (Å²) in [7, 11) is 0. The minimum absolute atomic E-state index is 0.0346. The lowest BCUT2D eigenvalue weighted by atomic mass is 10.1. The summed E-state index contributed by atoms with van der Waals surface area (Å²) in [6.45, 7) is 2.39. The number of fused-ring (bicyclic) bond motifs is 1. The molecule has 0 saturated carbocycles. The Morgan fingerprint density at radius 2 is 1.71 bits per heavy atom. The van der Waals surface area contributed by atoms with Gasteiger partial charge < -0.3 is 9.47 Å². The van der Waals surface area contributed by atoms with E-state index in [1.54, 1.807) is 60.7 Å². The maximum Gasteiger partial charge on any atom is 0.416 e. The van der Waals surface area contributed by atoms with Gasteiger partial charge in [-0.2, -0.15) is 22.9 Å². The van der Waals surface area contributed by atoms with Crippen molar-refractivity contribution < 1.29 is 22.6 Å². The molecule has 0 aliphatic rings. The molecular formula is C31H22Cl2F3N3O3. The van der Waals surface area contributed by atoms with E-state index in [2.05, 4.69) is 10.1 Å². The fourth-order valence-electron chi connectivity index (χ4n) is 4.16. The molecule has 5 rings (SSSR count). The summed E-state index contributed by atoms with van der Waals surface area (Å²) in [5.74, 6) is 0.866. The zero-order valence-electron chi connectivity index (χ0n) is 22.0. The fourth-order valence-corrected chi connectivity index (χ4v) is 4.48. The highest BCUT2D eigenvalue weighted by Gasteiger charge is 2.31. The lowest BCUT2D eigenvalue weighted by Crippen LogP contribution is -2.20. The number of aromatic nitrogens is 2. The molecule has 0 aliphatic carbocycles. The van der Waals surface area contributed by atoms with Crippen LogP contribution in [0.25, 0.3) is 22.3 Å². The number of para-hydroxylation sites is 1. The van der Waals surface area contributed by atoms with Gasteiger partial charge in [-0.3, -0.25) is 4.79 Å². The summed E-state index contributed by atoms with van der Waals surface area (Å²) >= 11 is 12.1. The predicted octanol–water partition coefficient (Wildman–Crippen LogP) is 8.25. The van der Waals surface area contributed by atoms with Crippen LogP contribution in [-0.2, 0) is 12.8 Å². The molecule has 0 fully saturated rings. The quantitative estimate of drug-likeness (QED) is 0.166. The van der Waals surface area contributed by atoms with E-state index in [9.17, 15) is 18.0 Å². The zero-order chi connectivity index (χ0) is 29.9.